The fraction of sp³-hybridized carbons (Fsp3) is 0.348. The van der Waals surface area contributed by atoms with Gasteiger partial charge in [-0.05, 0) is 43.0 Å². The normalized spacial score (nSPS) is 17.3. The number of rotatable bonds is 6. The van der Waals surface area contributed by atoms with Crippen molar-refractivity contribution >= 4 is 29.0 Å². The molecule has 1 amide bonds. The van der Waals surface area contributed by atoms with E-state index < -0.39 is 5.97 Å². The molecule has 29 heavy (non-hydrogen) atoms. The van der Waals surface area contributed by atoms with Crippen molar-refractivity contribution in [2.75, 3.05) is 23.4 Å². The van der Waals surface area contributed by atoms with E-state index in [0.717, 1.165) is 37.9 Å². The summed E-state index contributed by atoms with van der Waals surface area (Å²) >= 11 is 0. The highest BCUT2D eigenvalue weighted by molar-refractivity contribution is 6.06. The molecular weight excluding hydrogens is 368 g/mol. The lowest BCUT2D eigenvalue weighted by molar-refractivity contribution is -0.117. The summed E-state index contributed by atoms with van der Waals surface area (Å²) in [6, 6.07) is 12.4. The molecule has 1 atom stereocenters. The van der Waals surface area contributed by atoms with Crippen LogP contribution in [-0.2, 0) is 16.0 Å². The van der Waals surface area contributed by atoms with Crippen molar-refractivity contribution in [3.05, 3.63) is 59.2 Å². The second kappa shape index (κ2) is 8.07. The first-order valence-electron chi connectivity index (χ1n) is 10.1. The molecule has 150 valence electrons. The molecule has 1 N–H and O–H groups in total. The van der Waals surface area contributed by atoms with Gasteiger partial charge in [-0.25, -0.2) is 4.79 Å². The van der Waals surface area contributed by atoms with Gasteiger partial charge in [0.05, 0.1) is 16.9 Å². The van der Waals surface area contributed by atoms with Gasteiger partial charge in [0.15, 0.2) is 12.4 Å². The van der Waals surface area contributed by atoms with Gasteiger partial charge in [-0.3, -0.25) is 9.59 Å². The van der Waals surface area contributed by atoms with Gasteiger partial charge in [-0.2, -0.15) is 0 Å². The lowest BCUT2D eigenvalue weighted by Crippen LogP contribution is -2.43. The van der Waals surface area contributed by atoms with Gasteiger partial charge in [0.2, 0.25) is 5.91 Å². The van der Waals surface area contributed by atoms with E-state index in [0.29, 0.717) is 16.8 Å². The standard InChI is InChI=1S/C23H24N2O4/c1-2-4-15-6-8-16(9-7-15)21(26)14-29-23(28)17-10-11-19-18(13-17)24-22(27)20-5-3-12-25(19)20/h6-11,13,20H,2-5,12,14H2,1H3,(H,24,27)/t20-/m1/s1. The maximum atomic E-state index is 12.4. The fourth-order valence-electron chi connectivity index (χ4n) is 4.00. The Kier molecular flexibility index (Phi) is 5.34. The van der Waals surface area contributed by atoms with E-state index in [4.69, 9.17) is 4.74 Å². The SMILES string of the molecule is CCCc1ccc(C(=O)COC(=O)c2ccc3c(c2)NC(=O)[C@H]2CCCN32)cc1. The largest absolute Gasteiger partial charge is 0.454 e. The van der Waals surface area contributed by atoms with Crippen molar-refractivity contribution in [3.8, 4) is 0 Å². The highest BCUT2D eigenvalue weighted by atomic mass is 16.5. The summed E-state index contributed by atoms with van der Waals surface area (Å²) in [7, 11) is 0. The lowest BCUT2D eigenvalue weighted by atomic mass is 10.1. The molecule has 6 heteroatoms. The number of esters is 1. The number of carbonyl (C=O) groups excluding carboxylic acids is 3. The zero-order valence-corrected chi connectivity index (χ0v) is 16.4. The zero-order valence-electron chi connectivity index (χ0n) is 16.4. The number of nitrogens with zero attached hydrogens (tertiary/aromatic N) is 1. The minimum Gasteiger partial charge on any atom is -0.454 e. The highest BCUT2D eigenvalue weighted by Gasteiger charge is 2.36. The fourth-order valence-corrected chi connectivity index (χ4v) is 4.00. The Hall–Kier alpha value is -3.15. The average molecular weight is 392 g/mol. The molecule has 0 aliphatic carbocycles. The number of Topliss-reactive ketones (excluding diaryl/α,β-unsaturated/α-hetero) is 1. The molecule has 2 aromatic carbocycles. The molecule has 0 aromatic heterocycles. The maximum absolute atomic E-state index is 12.4. The van der Waals surface area contributed by atoms with Gasteiger partial charge in [-0.15, -0.1) is 0 Å². The van der Waals surface area contributed by atoms with Crippen LogP contribution >= 0.6 is 0 Å². The number of aryl methyl sites for hydroxylation is 1. The third-order valence-corrected chi connectivity index (χ3v) is 5.50. The molecule has 6 nitrogen and oxygen atoms in total. The first-order chi connectivity index (χ1) is 14.1. The zero-order chi connectivity index (χ0) is 20.4. The van der Waals surface area contributed by atoms with Crippen molar-refractivity contribution in [1.82, 2.24) is 0 Å². The number of amides is 1. The lowest BCUT2D eigenvalue weighted by Gasteiger charge is -2.33. The first kappa shape index (κ1) is 19.2. The van der Waals surface area contributed by atoms with Gasteiger partial charge in [0, 0.05) is 12.1 Å². The third kappa shape index (κ3) is 3.88. The number of benzene rings is 2. The molecule has 4 rings (SSSR count). The van der Waals surface area contributed by atoms with Crippen molar-refractivity contribution in [1.29, 1.82) is 0 Å². The Balaban J connectivity index is 1.41. The van der Waals surface area contributed by atoms with Crippen molar-refractivity contribution in [3.63, 3.8) is 0 Å². The second-order valence-corrected chi connectivity index (χ2v) is 7.52. The number of carbonyl (C=O) groups is 3. The second-order valence-electron chi connectivity index (χ2n) is 7.52. The van der Waals surface area contributed by atoms with E-state index in [1.807, 2.05) is 18.2 Å². The van der Waals surface area contributed by atoms with Crippen LogP contribution in [0.4, 0.5) is 11.4 Å². The number of anilines is 2. The minimum atomic E-state index is -0.582. The van der Waals surface area contributed by atoms with E-state index in [-0.39, 0.29) is 24.3 Å². The molecule has 0 saturated carbocycles. The van der Waals surface area contributed by atoms with Crippen LogP contribution in [0, 0.1) is 0 Å². The molecule has 2 aliphatic rings. The van der Waals surface area contributed by atoms with Crippen LogP contribution in [0.3, 0.4) is 0 Å². The molecule has 0 bridgehead atoms. The van der Waals surface area contributed by atoms with Crippen LogP contribution in [0.15, 0.2) is 42.5 Å². The number of ketones is 1. The average Bonchev–Trinajstić information content (AvgIpc) is 3.23. The van der Waals surface area contributed by atoms with Crippen molar-refractivity contribution in [2.24, 2.45) is 0 Å². The Labute approximate surface area is 169 Å². The summed E-state index contributed by atoms with van der Waals surface area (Å²) in [6.07, 6.45) is 3.83. The van der Waals surface area contributed by atoms with Crippen LogP contribution in [0.1, 0.15) is 52.5 Å². The smallest absolute Gasteiger partial charge is 0.338 e. The van der Waals surface area contributed by atoms with E-state index >= 15 is 0 Å². The number of hydrogen-bond acceptors (Lipinski definition) is 5. The summed E-state index contributed by atoms with van der Waals surface area (Å²) in [4.78, 5) is 39.0. The Morgan fingerprint density at radius 2 is 1.90 bits per heavy atom. The van der Waals surface area contributed by atoms with E-state index in [1.54, 1.807) is 24.3 Å². The summed E-state index contributed by atoms with van der Waals surface area (Å²) in [6.45, 7) is 2.62. The maximum Gasteiger partial charge on any atom is 0.338 e. The molecule has 0 unspecified atom stereocenters. The number of ether oxygens (including phenoxy) is 1. The van der Waals surface area contributed by atoms with Crippen LogP contribution in [0.2, 0.25) is 0 Å². The Morgan fingerprint density at radius 1 is 1.14 bits per heavy atom. The number of fused-ring (bicyclic) bond motifs is 3. The van der Waals surface area contributed by atoms with Crippen LogP contribution in [-0.4, -0.2) is 36.9 Å². The molecule has 1 fully saturated rings. The van der Waals surface area contributed by atoms with E-state index in [9.17, 15) is 14.4 Å². The van der Waals surface area contributed by atoms with Crippen LogP contribution < -0.4 is 10.2 Å². The topological polar surface area (TPSA) is 75.7 Å². The molecule has 2 aromatic rings. The summed E-state index contributed by atoms with van der Waals surface area (Å²) in [5.74, 6) is -0.865. The molecular formula is C23H24N2O4. The summed E-state index contributed by atoms with van der Waals surface area (Å²) in [5.41, 5.74) is 3.55. The Bertz CT molecular complexity index is 952. The minimum absolute atomic E-state index is 0.0396. The molecule has 2 aliphatic heterocycles. The van der Waals surface area contributed by atoms with Gasteiger partial charge < -0.3 is 15.0 Å². The first-order valence-corrected chi connectivity index (χ1v) is 10.1. The van der Waals surface area contributed by atoms with Crippen molar-refractivity contribution in [2.45, 2.75) is 38.6 Å². The summed E-state index contributed by atoms with van der Waals surface area (Å²) in [5, 5.41) is 2.88. The van der Waals surface area contributed by atoms with E-state index in [2.05, 4.69) is 17.1 Å². The molecule has 1 saturated heterocycles. The van der Waals surface area contributed by atoms with Gasteiger partial charge in [0.25, 0.3) is 0 Å². The highest BCUT2D eigenvalue weighted by Crippen LogP contribution is 2.37. The molecule has 0 spiro atoms. The summed E-state index contributed by atoms with van der Waals surface area (Å²) < 4.78 is 5.21. The van der Waals surface area contributed by atoms with Gasteiger partial charge >= 0.3 is 5.97 Å². The molecule has 2 heterocycles. The quantitative estimate of drug-likeness (QED) is 0.600. The predicted octanol–water partition coefficient (Wildman–Crippen LogP) is 3.60. The Morgan fingerprint density at radius 3 is 2.66 bits per heavy atom. The van der Waals surface area contributed by atoms with Crippen LogP contribution in [0.25, 0.3) is 0 Å². The monoisotopic (exact) mass is 392 g/mol. The van der Waals surface area contributed by atoms with Gasteiger partial charge in [0.1, 0.15) is 6.04 Å². The van der Waals surface area contributed by atoms with E-state index in [1.165, 1.54) is 5.56 Å². The number of nitrogens with one attached hydrogen (secondary N) is 1. The predicted molar refractivity (Wildman–Crippen MR) is 110 cm³/mol. The molecule has 0 radical (unpaired) electrons. The van der Waals surface area contributed by atoms with Crippen LogP contribution in [0.5, 0.6) is 0 Å². The number of hydrogen-bond donors (Lipinski definition) is 1. The van der Waals surface area contributed by atoms with Crippen molar-refractivity contribution < 1.29 is 19.1 Å². The third-order valence-electron chi connectivity index (χ3n) is 5.50. The van der Waals surface area contributed by atoms with Gasteiger partial charge in [-0.1, -0.05) is 37.6 Å².